The number of ether oxygens (including phenoxy) is 1. The summed E-state index contributed by atoms with van der Waals surface area (Å²) in [5.41, 5.74) is 1.00. The molecule has 170 valence electrons. The lowest BCUT2D eigenvalue weighted by Crippen LogP contribution is -2.29. The summed E-state index contributed by atoms with van der Waals surface area (Å²) in [6.07, 6.45) is 0. The average Bonchev–Trinajstić information content (AvgIpc) is 3.37. The van der Waals surface area contributed by atoms with Crippen molar-refractivity contribution in [3.05, 3.63) is 95.1 Å². The number of methoxy groups -OCH3 is 1. The summed E-state index contributed by atoms with van der Waals surface area (Å²) in [6.45, 7) is 0. The summed E-state index contributed by atoms with van der Waals surface area (Å²) < 4.78 is 33.0. The van der Waals surface area contributed by atoms with Gasteiger partial charge >= 0.3 is 5.91 Å². The van der Waals surface area contributed by atoms with Crippen LogP contribution in [0.25, 0.3) is 16.0 Å². The summed E-state index contributed by atoms with van der Waals surface area (Å²) in [7, 11) is 1.50. The highest BCUT2D eigenvalue weighted by Crippen LogP contribution is 2.44. The first-order valence-corrected chi connectivity index (χ1v) is 11.0. The number of amides is 1. The molecule has 1 aliphatic rings. The zero-order valence-electron chi connectivity index (χ0n) is 17.7. The third-order valence-corrected chi connectivity index (χ3v) is 6.56. The number of carbonyl (C=O) groups excluding carboxylic acids is 2. The van der Waals surface area contributed by atoms with Crippen molar-refractivity contribution in [2.75, 3.05) is 12.0 Å². The molecule has 1 saturated heterocycles. The van der Waals surface area contributed by atoms with E-state index in [2.05, 4.69) is 4.98 Å². The van der Waals surface area contributed by atoms with Crippen molar-refractivity contribution in [3.63, 3.8) is 0 Å². The van der Waals surface area contributed by atoms with Gasteiger partial charge in [0, 0.05) is 5.56 Å². The summed E-state index contributed by atoms with van der Waals surface area (Å²) >= 11 is 1.04. The van der Waals surface area contributed by atoms with E-state index in [0.29, 0.717) is 27.1 Å². The first kappa shape index (κ1) is 21.7. The van der Waals surface area contributed by atoms with Crippen molar-refractivity contribution in [2.45, 2.75) is 6.04 Å². The van der Waals surface area contributed by atoms with Crippen LogP contribution in [-0.2, 0) is 9.59 Å². The number of aliphatic hydroxyl groups excluding tert-OH is 1. The summed E-state index contributed by atoms with van der Waals surface area (Å²) in [6, 6.07) is 14.6. The van der Waals surface area contributed by atoms with Crippen LogP contribution >= 0.6 is 11.3 Å². The fourth-order valence-corrected chi connectivity index (χ4v) is 4.90. The number of halogens is 2. The number of Topliss-reactive ketones (excluding diaryl/α,β-unsaturated/α-hetero) is 1. The monoisotopic (exact) mass is 478 g/mol. The lowest BCUT2D eigenvalue weighted by Gasteiger charge is -2.23. The number of carbonyl (C=O) groups is 2. The Bertz CT molecular complexity index is 1460. The van der Waals surface area contributed by atoms with Gasteiger partial charge in [0.15, 0.2) is 5.13 Å². The average molecular weight is 478 g/mol. The number of anilines is 1. The number of aliphatic hydroxyl groups is 1. The molecular formula is C25H16F2N2O4S. The molecule has 2 heterocycles. The minimum Gasteiger partial charge on any atom is -0.507 e. The van der Waals surface area contributed by atoms with Crippen LogP contribution < -0.4 is 9.64 Å². The van der Waals surface area contributed by atoms with Gasteiger partial charge in [0.1, 0.15) is 23.1 Å². The van der Waals surface area contributed by atoms with Crippen molar-refractivity contribution in [2.24, 2.45) is 0 Å². The molecule has 1 atom stereocenters. The van der Waals surface area contributed by atoms with Crippen LogP contribution in [0.2, 0.25) is 0 Å². The minimum absolute atomic E-state index is 0.158. The maximum Gasteiger partial charge on any atom is 0.301 e. The van der Waals surface area contributed by atoms with Crippen LogP contribution in [0.5, 0.6) is 5.75 Å². The molecule has 1 aliphatic heterocycles. The Morgan fingerprint density at radius 1 is 1.00 bits per heavy atom. The molecule has 0 spiro atoms. The van der Waals surface area contributed by atoms with Gasteiger partial charge in [-0.3, -0.25) is 14.5 Å². The number of fused-ring (bicyclic) bond motifs is 1. The van der Waals surface area contributed by atoms with Gasteiger partial charge in [0.2, 0.25) is 0 Å². The van der Waals surface area contributed by atoms with Gasteiger partial charge in [0.05, 0.1) is 28.9 Å². The summed E-state index contributed by atoms with van der Waals surface area (Å²) in [5, 5.41) is 11.3. The van der Waals surface area contributed by atoms with E-state index in [1.807, 2.05) is 0 Å². The maximum atomic E-state index is 13.7. The van der Waals surface area contributed by atoms with Gasteiger partial charge in [-0.15, -0.1) is 0 Å². The molecule has 0 saturated carbocycles. The molecule has 6 nitrogen and oxygen atoms in total. The topological polar surface area (TPSA) is 79.7 Å². The van der Waals surface area contributed by atoms with Crippen LogP contribution in [-0.4, -0.2) is 28.9 Å². The Labute approximate surface area is 196 Å². The smallest absolute Gasteiger partial charge is 0.301 e. The van der Waals surface area contributed by atoms with E-state index in [9.17, 15) is 23.5 Å². The first-order chi connectivity index (χ1) is 16.4. The van der Waals surface area contributed by atoms with Gasteiger partial charge in [-0.1, -0.05) is 23.5 Å². The third kappa shape index (κ3) is 3.60. The van der Waals surface area contributed by atoms with Crippen molar-refractivity contribution >= 4 is 44.1 Å². The minimum atomic E-state index is -1.06. The standard InChI is InChI=1S/C25H16F2N2O4S/c1-33-17-9-4-14(5-10-17)22(30)20-21(13-2-6-15(26)7-3-13)29(24(32)23(20)31)25-28-18-11-8-16(27)12-19(18)34-25/h2-12,21,30H,1H3/b22-20+/t21-/m0/s1. The molecule has 0 bridgehead atoms. The van der Waals surface area contributed by atoms with Gasteiger partial charge in [-0.05, 0) is 60.2 Å². The molecule has 1 amide bonds. The Kier molecular flexibility index (Phi) is 5.33. The molecule has 1 fully saturated rings. The van der Waals surface area contributed by atoms with E-state index in [4.69, 9.17) is 4.74 Å². The van der Waals surface area contributed by atoms with Crippen molar-refractivity contribution in [1.29, 1.82) is 0 Å². The van der Waals surface area contributed by atoms with E-state index >= 15 is 0 Å². The SMILES string of the molecule is COc1ccc(/C(O)=C2\C(=O)C(=O)N(c3nc4ccc(F)cc4s3)[C@H]2c2ccc(F)cc2)cc1. The molecule has 34 heavy (non-hydrogen) atoms. The highest BCUT2D eigenvalue weighted by atomic mass is 32.1. The molecule has 1 N–H and O–H groups in total. The second-order valence-electron chi connectivity index (χ2n) is 7.56. The Balaban J connectivity index is 1.71. The van der Waals surface area contributed by atoms with Crippen molar-refractivity contribution < 1.29 is 28.2 Å². The number of hydrogen-bond acceptors (Lipinski definition) is 6. The van der Waals surface area contributed by atoms with Crippen LogP contribution in [0.15, 0.2) is 72.3 Å². The Morgan fingerprint density at radius 3 is 2.35 bits per heavy atom. The molecule has 9 heteroatoms. The van der Waals surface area contributed by atoms with E-state index in [-0.39, 0.29) is 16.5 Å². The number of benzene rings is 3. The predicted octanol–water partition coefficient (Wildman–Crippen LogP) is 5.21. The predicted molar refractivity (Wildman–Crippen MR) is 124 cm³/mol. The number of nitrogens with zero attached hydrogens (tertiary/aromatic N) is 2. The number of aromatic nitrogens is 1. The van der Waals surface area contributed by atoms with E-state index < -0.39 is 29.4 Å². The van der Waals surface area contributed by atoms with E-state index in [1.165, 1.54) is 49.6 Å². The number of hydrogen-bond donors (Lipinski definition) is 1. The first-order valence-electron chi connectivity index (χ1n) is 10.1. The zero-order valence-corrected chi connectivity index (χ0v) is 18.5. The lowest BCUT2D eigenvalue weighted by atomic mass is 9.95. The molecule has 0 aliphatic carbocycles. The second-order valence-corrected chi connectivity index (χ2v) is 8.57. The summed E-state index contributed by atoms with van der Waals surface area (Å²) in [4.78, 5) is 31.9. The lowest BCUT2D eigenvalue weighted by molar-refractivity contribution is -0.132. The van der Waals surface area contributed by atoms with Gasteiger partial charge in [-0.2, -0.15) is 0 Å². The largest absolute Gasteiger partial charge is 0.507 e. The number of thiazole rings is 1. The number of rotatable bonds is 4. The zero-order chi connectivity index (χ0) is 24.0. The molecule has 1 aromatic heterocycles. The molecule has 0 radical (unpaired) electrons. The molecule has 3 aromatic carbocycles. The molecule has 0 unspecified atom stereocenters. The van der Waals surface area contributed by atoms with Crippen LogP contribution in [0.4, 0.5) is 13.9 Å². The number of ketones is 1. The summed E-state index contributed by atoms with van der Waals surface area (Å²) in [5.74, 6) is -2.60. The van der Waals surface area contributed by atoms with Gasteiger partial charge in [-0.25, -0.2) is 13.8 Å². The Morgan fingerprint density at radius 2 is 1.68 bits per heavy atom. The van der Waals surface area contributed by atoms with Gasteiger partial charge in [0.25, 0.3) is 5.78 Å². The quantitative estimate of drug-likeness (QED) is 0.248. The van der Waals surface area contributed by atoms with E-state index in [0.717, 1.165) is 16.2 Å². The second kappa shape index (κ2) is 8.35. The molecule has 4 aromatic rings. The maximum absolute atomic E-state index is 13.7. The normalized spacial score (nSPS) is 17.5. The van der Waals surface area contributed by atoms with Gasteiger partial charge < -0.3 is 9.84 Å². The Hall–Kier alpha value is -4.11. The fourth-order valence-electron chi connectivity index (χ4n) is 3.88. The third-order valence-electron chi connectivity index (χ3n) is 5.54. The van der Waals surface area contributed by atoms with Crippen LogP contribution in [0.3, 0.4) is 0 Å². The molecule has 5 rings (SSSR count). The van der Waals surface area contributed by atoms with Crippen molar-refractivity contribution in [1.82, 2.24) is 4.98 Å². The van der Waals surface area contributed by atoms with Crippen LogP contribution in [0.1, 0.15) is 17.2 Å². The van der Waals surface area contributed by atoms with Crippen LogP contribution in [0, 0.1) is 11.6 Å². The van der Waals surface area contributed by atoms with E-state index in [1.54, 1.807) is 24.3 Å². The highest BCUT2D eigenvalue weighted by Gasteiger charge is 2.48. The highest BCUT2D eigenvalue weighted by molar-refractivity contribution is 7.22. The van der Waals surface area contributed by atoms with Crippen molar-refractivity contribution in [3.8, 4) is 5.75 Å². The fraction of sp³-hybridized carbons (Fsp3) is 0.0800. The molecular weight excluding hydrogens is 462 g/mol.